The molecule has 22 heavy (non-hydrogen) atoms. The summed E-state index contributed by atoms with van der Waals surface area (Å²) in [5, 5.41) is 6.14. The summed E-state index contributed by atoms with van der Waals surface area (Å²) in [6.45, 7) is 3.79. The van der Waals surface area contributed by atoms with Crippen LogP contribution >= 0.6 is 22.7 Å². The third kappa shape index (κ3) is 1.88. The lowest BCUT2D eigenvalue weighted by Gasteiger charge is -2.00. The Labute approximate surface area is 133 Å². The minimum atomic E-state index is -0.237. The number of hydrogen-bond acceptors (Lipinski definition) is 6. The molecule has 8 heteroatoms. The molecule has 0 saturated carbocycles. The first kappa shape index (κ1) is 13.5. The van der Waals surface area contributed by atoms with Gasteiger partial charge in [0.05, 0.1) is 26.8 Å². The van der Waals surface area contributed by atoms with E-state index in [-0.39, 0.29) is 11.8 Å². The first-order valence-electron chi connectivity index (χ1n) is 6.59. The number of carbonyl (C=O) groups is 2. The molecule has 0 unspecified atom stereocenters. The fourth-order valence-electron chi connectivity index (χ4n) is 2.60. The van der Waals surface area contributed by atoms with Gasteiger partial charge in [-0.05, 0) is 13.8 Å². The van der Waals surface area contributed by atoms with Crippen LogP contribution in [-0.2, 0) is 9.59 Å². The van der Waals surface area contributed by atoms with Crippen LogP contribution in [-0.4, -0.2) is 21.8 Å². The summed E-state index contributed by atoms with van der Waals surface area (Å²) in [5.74, 6) is -0.380. The Morgan fingerprint density at radius 3 is 2.23 bits per heavy atom. The van der Waals surface area contributed by atoms with Crippen LogP contribution in [0.15, 0.2) is 23.5 Å². The largest absolute Gasteiger partial charge is 0.350 e. The molecule has 2 aliphatic rings. The highest BCUT2D eigenvalue weighted by molar-refractivity contribution is 7.13. The van der Waals surface area contributed by atoms with Crippen molar-refractivity contribution in [2.45, 2.75) is 13.8 Å². The molecule has 2 aliphatic heterocycles. The first-order chi connectivity index (χ1) is 10.5. The molecule has 110 valence electrons. The van der Waals surface area contributed by atoms with Crippen molar-refractivity contribution in [3.8, 4) is 0 Å². The van der Waals surface area contributed by atoms with Crippen molar-refractivity contribution in [2.24, 2.45) is 0 Å². The predicted octanol–water partition coefficient (Wildman–Crippen LogP) is 0.572. The molecule has 0 aromatic carbocycles. The maximum atomic E-state index is 12.4. The van der Waals surface area contributed by atoms with Crippen LogP contribution in [0.3, 0.4) is 0 Å². The smallest absolute Gasteiger partial charge is 0.320 e. The van der Waals surface area contributed by atoms with E-state index in [9.17, 15) is 9.59 Å². The second-order valence-corrected chi connectivity index (χ2v) is 7.46. The Bertz CT molecular complexity index is 829. The topological polar surface area (TPSA) is 88.6 Å². The van der Waals surface area contributed by atoms with Crippen LogP contribution in [0.2, 0.25) is 0 Å². The van der Waals surface area contributed by atoms with Crippen molar-refractivity contribution in [1.29, 1.82) is 0 Å². The van der Waals surface area contributed by atoms with E-state index in [4.69, 9.17) is 0 Å². The van der Waals surface area contributed by atoms with E-state index in [2.05, 4.69) is 15.3 Å². The van der Waals surface area contributed by atoms with Gasteiger partial charge in [-0.15, -0.1) is 22.7 Å². The Morgan fingerprint density at radius 2 is 1.64 bits per heavy atom. The number of amides is 2. The number of aryl methyl sites for hydroxylation is 2. The van der Waals surface area contributed by atoms with Gasteiger partial charge in [0.15, 0.2) is 5.70 Å². The van der Waals surface area contributed by atoms with Crippen molar-refractivity contribution in [2.75, 3.05) is 0 Å². The quantitative estimate of drug-likeness (QED) is 0.842. The standard InChI is InChI=1S/C14H10N4O2S2/c1-5-15-3-7(21-5)11-9-10(14(20)17-11)12(18-13(9)19)8-4-16-6(2)22-8/h3-4H,1-2H3,(H,17,20)(H,18,19)/p+1. The lowest BCUT2D eigenvalue weighted by atomic mass is 10.1. The van der Waals surface area contributed by atoms with Gasteiger partial charge in [0, 0.05) is 6.20 Å². The molecule has 0 saturated heterocycles. The minimum absolute atomic E-state index is 0.143. The summed E-state index contributed by atoms with van der Waals surface area (Å²) in [7, 11) is 0. The molecule has 3 N–H and O–H groups in total. The number of carbonyl (C=O) groups excluding carboxylic acids is 2. The first-order valence-corrected chi connectivity index (χ1v) is 8.23. The van der Waals surface area contributed by atoms with Crippen molar-refractivity contribution >= 4 is 45.9 Å². The molecule has 0 aliphatic carbocycles. The van der Waals surface area contributed by atoms with Gasteiger partial charge in [-0.1, -0.05) is 0 Å². The zero-order chi connectivity index (χ0) is 15.4. The molecule has 0 bridgehead atoms. The van der Waals surface area contributed by atoms with Gasteiger partial charge in [-0.3, -0.25) is 4.79 Å². The number of primary amides is 1. The maximum Gasteiger partial charge on any atom is 0.350 e. The molecule has 4 rings (SSSR count). The highest BCUT2D eigenvalue weighted by Gasteiger charge is 2.45. The van der Waals surface area contributed by atoms with Gasteiger partial charge in [-0.2, -0.15) is 0 Å². The second kappa shape index (κ2) is 4.67. The highest BCUT2D eigenvalue weighted by Crippen LogP contribution is 2.36. The van der Waals surface area contributed by atoms with Gasteiger partial charge in [-0.25, -0.2) is 20.1 Å². The molecule has 0 atom stereocenters. The lowest BCUT2D eigenvalue weighted by molar-refractivity contribution is -0.466. The molecular formula is C14H11N4O2S2+. The molecule has 6 nitrogen and oxygen atoms in total. The van der Waals surface area contributed by atoms with Crippen LogP contribution in [0.1, 0.15) is 19.8 Å². The summed E-state index contributed by atoms with van der Waals surface area (Å²) in [5.41, 5.74) is 2.15. The van der Waals surface area contributed by atoms with Crippen molar-refractivity contribution < 1.29 is 14.9 Å². The Morgan fingerprint density at radius 1 is 1.00 bits per heavy atom. The van der Waals surface area contributed by atoms with E-state index in [0.717, 1.165) is 19.8 Å². The Balaban J connectivity index is 1.91. The average Bonchev–Trinajstić information content (AvgIpc) is 3.19. The number of hydrogen-bond donors (Lipinski definition) is 2. The average molecular weight is 331 g/mol. The fourth-order valence-corrected chi connectivity index (χ4v) is 4.18. The van der Waals surface area contributed by atoms with Crippen LogP contribution < -0.4 is 10.6 Å². The van der Waals surface area contributed by atoms with E-state index in [0.29, 0.717) is 22.5 Å². The zero-order valence-corrected chi connectivity index (χ0v) is 13.4. The molecule has 2 aromatic rings. The van der Waals surface area contributed by atoms with Crippen molar-refractivity contribution in [1.82, 2.24) is 15.3 Å². The number of aromatic nitrogens is 2. The molecule has 0 spiro atoms. The fraction of sp³-hybridized carbons (Fsp3) is 0.143. The number of fused-ring (bicyclic) bond motifs is 1. The summed E-state index contributed by atoms with van der Waals surface area (Å²) >= 11 is 2.93. The van der Waals surface area contributed by atoms with E-state index >= 15 is 0 Å². The van der Waals surface area contributed by atoms with Crippen LogP contribution in [0.5, 0.6) is 0 Å². The monoisotopic (exact) mass is 331 g/mol. The van der Waals surface area contributed by atoms with Gasteiger partial charge in [0.1, 0.15) is 16.0 Å². The van der Waals surface area contributed by atoms with E-state index < -0.39 is 0 Å². The number of nitrogens with two attached hydrogens (primary N) is 1. The Kier molecular flexibility index (Phi) is 2.86. The maximum absolute atomic E-state index is 12.4. The van der Waals surface area contributed by atoms with E-state index in [1.54, 1.807) is 12.4 Å². The van der Waals surface area contributed by atoms with E-state index in [1.165, 1.54) is 28.0 Å². The lowest BCUT2D eigenvalue weighted by Crippen LogP contribution is -2.83. The van der Waals surface area contributed by atoms with Gasteiger partial charge >= 0.3 is 5.91 Å². The highest BCUT2D eigenvalue weighted by atomic mass is 32.1. The summed E-state index contributed by atoms with van der Waals surface area (Å²) in [4.78, 5) is 34.8. The van der Waals surface area contributed by atoms with E-state index in [1.807, 2.05) is 13.8 Å². The normalized spacial score (nSPS) is 17.5. The van der Waals surface area contributed by atoms with Crippen LogP contribution in [0.4, 0.5) is 0 Å². The molecule has 2 aromatic heterocycles. The third-order valence-corrected chi connectivity index (χ3v) is 5.39. The van der Waals surface area contributed by atoms with Crippen molar-refractivity contribution in [3.05, 3.63) is 43.3 Å². The SMILES string of the molecule is Cc1ncc(C2=C3C(=O)[NH2+]C(c4cnc(C)s4)=C3C(=O)N2)s1. The minimum Gasteiger partial charge on any atom is -0.320 e. The number of rotatable bonds is 2. The predicted molar refractivity (Wildman–Crippen MR) is 82.6 cm³/mol. The van der Waals surface area contributed by atoms with Crippen LogP contribution in [0, 0.1) is 13.8 Å². The molecular weight excluding hydrogens is 320 g/mol. The molecule has 2 amide bonds. The third-order valence-electron chi connectivity index (χ3n) is 3.51. The van der Waals surface area contributed by atoms with Gasteiger partial charge in [0.2, 0.25) is 0 Å². The number of quaternary nitrogens is 1. The van der Waals surface area contributed by atoms with Gasteiger partial charge < -0.3 is 5.32 Å². The van der Waals surface area contributed by atoms with Crippen molar-refractivity contribution in [3.63, 3.8) is 0 Å². The Hall–Kier alpha value is -2.16. The number of nitrogens with one attached hydrogen (secondary N) is 1. The molecule has 4 heterocycles. The number of thiazole rings is 2. The van der Waals surface area contributed by atoms with Gasteiger partial charge in [0.25, 0.3) is 5.91 Å². The molecule has 0 radical (unpaired) electrons. The second-order valence-electron chi connectivity index (χ2n) is 4.99. The summed E-state index contributed by atoms with van der Waals surface area (Å²) < 4.78 is 0. The summed E-state index contributed by atoms with van der Waals surface area (Å²) in [6, 6.07) is 0. The summed E-state index contributed by atoms with van der Waals surface area (Å²) in [6.07, 6.45) is 3.39. The van der Waals surface area contributed by atoms with Crippen LogP contribution in [0.25, 0.3) is 11.4 Å². The molecule has 0 fully saturated rings. The zero-order valence-electron chi connectivity index (χ0n) is 11.8. The number of nitrogens with zero attached hydrogens (tertiary/aromatic N) is 2.